The van der Waals surface area contributed by atoms with E-state index in [4.69, 9.17) is 14.2 Å². The molecule has 15 nitrogen and oxygen atoms in total. The maximum absolute atomic E-state index is 13.0. The van der Waals surface area contributed by atoms with Gasteiger partial charge in [0.1, 0.15) is 18.3 Å². The monoisotopic (exact) mass is 684 g/mol. The molecule has 0 aromatic heterocycles. The predicted molar refractivity (Wildman–Crippen MR) is 166 cm³/mol. The van der Waals surface area contributed by atoms with Gasteiger partial charge in [-0.25, -0.2) is 4.79 Å². The van der Waals surface area contributed by atoms with E-state index in [1.807, 2.05) is 0 Å². The van der Waals surface area contributed by atoms with Crippen molar-refractivity contribution in [3.8, 4) is 34.5 Å². The van der Waals surface area contributed by atoms with Crippen molar-refractivity contribution >= 4 is 23.9 Å². The number of phenolic OH excluding ortho intramolecular Hbond substituents is 6. The first kappa shape index (κ1) is 36.1. The second-order valence-corrected chi connectivity index (χ2v) is 11.7. The third-order valence-corrected chi connectivity index (χ3v) is 8.06. The van der Waals surface area contributed by atoms with Crippen molar-refractivity contribution in [3.05, 3.63) is 71.3 Å². The number of carbonyl (C=O) groups excluding carboxylic acids is 3. The Morgan fingerprint density at radius 2 is 0.918 bits per heavy atom. The highest BCUT2D eigenvalue weighted by atomic mass is 16.6. The number of rotatable bonds is 13. The maximum Gasteiger partial charge on any atom is 0.348 e. The number of benzene rings is 3. The fourth-order valence-electron chi connectivity index (χ4n) is 5.38. The molecule has 3 aromatic carbocycles. The van der Waals surface area contributed by atoms with Crippen LogP contribution in [0.3, 0.4) is 0 Å². The van der Waals surface area contributed by atoms with Crippen molar-refractivity contribution in [2.24, 2.45) is 0 Å². The van der Waals surface area contributed by atoms with Gasteiger partial charge in [-0.1, -0.05) is 18.2 Å². The quantitative estimate of drug-likeness (QED) is 0.0731. The van der Waals surface area contributed by atoms with Crippen LogP contribution in [0.15, 0.2) is 54.6 Å². The van der Waals surface area contributed by atoms with E-state index >= 15 is 0 Å². The second-order valence-electron chi connectivity index (χ2n) is 11.7. The van der Waals surface area contributed by atoms with Gasteiger partial charge in [0.05, 0.1) is 0 Å². The van der Waals surface area contributed by atoms with Crippen molar-refractivity contribution in [3.63, 3.8) is 0 Å². The molecule has 0 saturated heterocycles. The molecule has 262 valence electrons. The lowest BCUT2D eigenvalue weighted by molar-refractivity contribution is -0.216. The summed E-state index contributed by atoms with van der Waals surface area (Å²) in [7, 11) is 0. The van der Waals surface area contributed by atoms with E-state index in [1.54, 1.807) is 0 Å². The number of aromatic hydroxyl groups is 6. The SMILES string of the molecule is O=C(CCc1ccc(O)c(O)c1)OC1CC(OC(=O)CCc2ccc(O)c(O)c2)(C(=O)O)CC(OC(=O)CCc2ccc(O)c(O)c2)C1O. The molecule has 1 aliphatic rings. The number of ether oxygens (including phenoxy) is 3. The van der Waals surface area contributed by atoms with Gasteiger partial charge in [0.2, 0.25) is 5.60 Å². The first-order chi connectivity index (χ1) is 23.2. The molecule has 8 N–H and O–H groups in total. The molecule has 2 atom stereocenters. The van der Waals surface area contributed by atoms with Crippen molar-refractivity contribution in [2.75, 3.05) is 0 Å². The van der Waals surface area contributed by atoms with Crippen LogP contribution in [-0.4, -0.2) is 88.6 Å². The number of carboxylic acids is 1. The van der Waals surface area contributed by atoms with Crippen LogP contribution in [0.1, 0.15) is 48.8 Å². The highest BCUT2D eigenvalue weighted by molar-refractivity contribution is 5.83. The summed E-state index contributed by atoms with van der Waals surface area (Å²) in [5, 5.41) is 79.1. The molecule has 4 rings (SSSR count). The number of hydrogen-bond donors (Lipinski definition) is 8. The highest BCUT2D eigenvalue weighted by Gasteiger charge is 2.56. The van der Waals surface area contributed by atoms with Gasteiger partial charge < -0.3 is 55.1 Å². The zero-order valence-electron chi connectivity index (χ0n) is 26.0. The Bertz CT molecular complexity index is 1620. The molecule has 0 spiro atoms. The van der Waals surface area contributed by atoms with E-state index in [1.165, 1.54) is 54.6 Å². The summed E-state index contributed by atoms with van der Waals surface area (Å²) >= 11 is 0. The smallest absolute Gasteiger partial charge is 0.348 e. The van der Waals surface area contributed by atoms with E-state index in [0.29, 0.717) is 16.7 Å². The van der Waals surface area contributed by atoms with Crippen molar-refractivity contribution in [1.29, 1.82) is 0 Å². The summed E-state index contributed by atoms with van der Waals surface area (Å²) < 4.78 is 16.3. The first-order valence-electron chi connectivity index (χ1n) is 15.2. The van der Waals surface area contributed by atoms with Crippen molar-refractivity contribution in [2.45, 2.75) is 75.3 Å². The number of phenols is 6. The molecule has 0 radical (unpaired) electrons. The average Bonchev–Trinajstić information content (AvgIpc) is 3.04. The number of hydrogen-bond acceptors (Lipinski definition) is 14. The van der Waals surface area contributed by atoms with Crippen molar-refractivity contribution in [1.82, 2.24) is 0 Å². The first-order valence-corrected chi connectivity index (χ1v) is 15.2. The van der Waals surface area contributed by atoms with Gasteiger partial charge in [-0.3, -0.25) is 14.4 Å². The normalized spacial score (nSPS) is 20.2. The Labute approximate surface area is 279 Å². The highest BCUT2D eigenvalue weighted by Crippen LogP contribution is 2.37. The Morgan fingerprint density at radius 3 is 1.24 bits per heavy atom. The number of carboxylic acid groups (broad SMARTS) is 1. The van der Waals surface area contributed by atoms with Crippen LogP contribution in [0.25, 0.3) is 0 Å². The fraction of sp³-hybridized carbons (Fsp3) is 0.353. The van der Waals surface area contributed by atoms with Crippen LogP contribution in [0.5, 0.6) is 34.5 Å². The molecule has 0 heterocycles. The largest absolute Gasteiger partial charge is 0.504 e. The van der Waals surface area contributed by atoms with Crippen LogP contribution >= 0.6 is 0 Å². The molecular formula is C34H36O15. The van der Waals surface area contributed by atoms with Crippen LogP contribution in [0.2, 0.25) is 0 Å². The Balaban J connectivity index is 1.49. The molecule has 0 aliphatic heterocycles. The van der Waals surface area contributed by atoms with Gasteiger partial charge in [-0.15, -0.1) is 0 Å². The third kappa shape index (κ3) is 9.44. The molecule has 1 aliphatic carbocycles. The number of esters is 3. The summed E-state index contributed by atoms with van der Waals surface area (Å²) in [4.78, 5) is 51.3. The standard InChI is InChI=1S/C34H36O15/c35-21-7-1-18(13-24(21)38)4-10-29(41)47-27-16-34(33(45)46,49-31(43)12-6-20-3-9-23(37)26(40)15-20)17-28(32(27)44)48-30(42)11-5-19-2-8-22(36)25(39)14-19/h1-3,7-9,13-15,27-28,32,35-40,44H,4-6,10-12,16-17H2,(H,45,46). The van der Waals surface area contributed by atoms with E-state index in [-0.39, 0.29) is 55.8 Å². The Hall–Kier alpha value is -5.70. The van der Waals surface area contributed by atoms with Crippen LogP contribution in [0.4, 0.5) is 0 Å². The number of carbonyl (C=O) groups is 4. The topological polar surface area (TPSA) is 258 Å². The molecule has 0 bridgehead atoms. The molecule has 2 unspecified atom stereocenters. The van der Waals surface area contributed by atoms with Crippen LogP contribution in [0, 0.1) is 0 Å². The van der Waals surface area contributed by atoms with Gasteiger partial charge in [0.15, 0.2) is 34.5 Å². The van der Waals surface area contributed by atoms with Crippen LogP contribution in [-0.2, 0) is 52.7 Å². The maximum atomic E-state index is 13.0. The minimum atomic E-state index is -2.41. The van der Waals surface area contributed by atoms with E-state index in [0.717, 1.165) is 0 Å². The van der Waals surface area contributed by atoms with Gasteiger partial charge in [-0.05, 0) is 72.4 Å². The molecule has 15 heteroatoms. The summed E-state index contributed by atoms with van der Waals surface area (Å²) in [6.45, 7) is 0. The summed E-state index contributed by atoms with van der Waals surface area (Å²) in [5.41, 5.74) is -1.06. The van der Waals surface area contributed by atoms with Crippen molar-refractivity contribution < 1.29 is 74.2 Å². The van der Waals surface area contributed by atoms with Gasteiger partial charge in [-0.2, -0.15) is 0 Å². The third-order valence-electron chi connectivity index (χ3n) is 8.06. The fourth-order valence-corrected chi connectivity index (χ4v) is 5.38. The van der Waals surface area contributed by atoms with Gasteiger partial charge in [0.25, 0.3) is 0 Å². The number of aliphatic hydroxyl groups excluding tert-OH is 1. The number of aliphatic hydroxyl groups is 1. The van der Waals surface area contributed by atoms with Gasteiger partial charge in [0, 0.05) is 32.1 Å². The molecule has 1 fully saturated rings. The molecule has 49 heavy (non-hydrogen) atoms. The summed E-state index contributed by atoms with van der Waals surface area (Å²) in [5.74, 6) is -6.78. The lowest BCUT2D eigenvalue weighted by Crippen LogP contribution is -2.59. The van der Waals surface area contributed by atoms with E-state index in [2.05, 4.69) is 0 Å². The predicted octanol–water partition coefficient (Wildman–Crippen LogP) is 2.46. The molecule has 1 saturated carbocycles. The van der Waals surface area contributed by atoms with Crippen LogP contribution < -0.4 is 0 Å². The van der Waals surface area contributed by atoms with Gasteiger partial charge >= 0.3 is 23.9 Å². The zero-order chi connectivity index (χ0) is 35.9. The molecule has 3 aromatic rings. The Kier molecular flexibility index (Phi) is 11.4. The average molecular weight is 685 g/mol. The minimum Gasteiger partial charge on any atom is -0.504 e. The lowest BCUT2D eigenvalue weighted by atomic mass is 9.79. The summed E-state index contributed by atoms with van der Waals surface area (Å²) in [6.07, 6.45) is -7.24. The molecule has 0 amide bonds. The minimum absolute atomic E-state index is 0.0124. The molecular weight excluding hydrogens is 648 g/mol. The van der Waals surface area contributed by atoms with E-state index < -0.39 is 77.9 Å². The zero-order valence-corrected chi connectivity index (χ0v) is 26.0. The number of aryl methyl sites for hydroxylation is 3. The number of aliphatic carboxylic acids is 1. The lowest BCUT2D eigenvalue weighted by Gasteiger charge is -2.42. The Morgan fingerprint density at radius 1 is 0.571 bits per heavy atom. The summed E-state index contributed by atoms with van der Waals surface area (Å²) in [6, 6.07) is 11.7. The second kappa shape index (κ2) is 15.5. The van der Waals surface area contributed by atoms with E-state index in [9.17, 15) is 60.0 Å².